The highest BCUT2D eigenvalue weighted by atomic mass is 16.3. The maximum absolute atomic E-state index is 11.6. The van der Waals surface area contributed by atoms with E-state index in [2.05, 4.69) is 5.32 Å². The second kappa shape index (κ2) is 5.32. The molecule has 3 unspecified atom stereocenters. The Labute approximate surface area is 85.9 Å². The van der Waals surface area contributed by atoms with Gasteiger partial charge in [-0.25, -0.2) is 0 Å². The van der Waals surface area contributed by atoms with Gasteiger partial charge in [0, 0.05) is 6.04 Å². The van der Waals surface area contributed by atoms with Crippen LogP contribution in [0.3, 0.4) is 0 Å². The molecule has 0 bridgehead atoms. The smallest absolute Gasteiger partial charge is 0.239 e. The molecule has 0 aromatic carbocycles. The number of nitrogens with one attached hydrogen (secondary N) is 1. The van der Waals surface area contributed by atoms with E-state index in [1.54, 1.807) is 13.8 Å². The van der Waals surface area contributed by atoms with E-state index in [0.717, 1.165) is 0 Å². The lowest BCUT2D eigenvalue weighted by atomic mass is 9.98. The van der Waals surface area contributed by atoms with E-state index in [1.807, 2.05) is 13.8 Å². The van der Waals surface area contributed by atoms with Crippen LogP contribution in [0.2, 0.25) is 0 Å². The molecular formula is C10H22N2O2. The van der Waals surface area contributed by atoms with Gasteiger partial charge >= 0.3 is 0 Å². The molecule has 4 nitrogen and oxygen atoms in total. The predicted octanol–water partition coefficient (Wildman–Crippen LogP) is 0.389. The van der Waals surface area contributed by atoms with E-state index in [9.17, 15) is 4.79 Å². The molecule has 3 atom stereocenters. The SMILES string of the molecule is CCC(C)(N)C(=O)NC(C)CC(C)O. The largest absolute Gasteiger partial charge is 0.393 e. The number of amides is 1. The molecule has 4 heteroatoms. The minimum atomic E-state index is -0.813. The monoisotopic (exact) mass is 202 g/mol. The third-order valence-electron chi connectivity index (χ3n) is 2.33. The number of nitrogens with two attached hydrogens (primary N) is 1. The minimum absolute atomic E-state index is 0.0445. The number of aliphatic hydroxyl groups excluding tert-OH is 1. The Bertz CT molecular complexity index is 191. The van der Waals surface area contributed by atoms with Crippen LogP contribution in [0.4, 0.5) is 0 Å². The molecule has 84 valence electrons. The highest BCUT2D eigenvalue weighted by Gasteiger charge is 2.26. The van der Waals surface area contributed by atoms with Crippen molar-refractivity contribution < 1.29 is 9.90 Å². The summed E-state index contributed by atoms with van der Waals surface area (Å²) >= 11 is 0. The summed E-state index contributed by atoms with van der Waals surface area (Å²) in [5, 5.41) is 11.9. The zero-order valence-corrected chi connectivity index (χ0v) is 9.50. The summed E-state index contributed by atoms with van der Waals surface area (Å²) < 4.78 is 0. The van der Waals surface area contributed by atoms with Gasteiger partial charge in [-0.3, -0.25) is 4.79 Å². The van der Waals surface area contributed by atoms with Gasteiger partial charge in [0.15, 0.2) is 0 Å². The maximum atomic E-state index is 11.6. The summed E-state index contributed by atoms with van der Waals surface area (Å²) in [4.78, 5) is 11.6. The van der Waals surface area contributed by atoms with Crippen LogP contribution in [0.5, 0.6) is 0 Å². The highest BCUT2D eigenvalue weighted by molar-refractivity contribution is 5.85. The van der Waals surface area contributed by atoms with Crippen LogP contribution in [-0.2, 0) is 4.79 Å². The van der Waals surface area contributed by atoms with Crippen LogP contribution < -0.4 is 11.1 Å². The van der Waals surface area contributed by atoms with Crippen molar-refractivity contribution in [2.75, 3.05) is 0 Å². The van der Waals surface area contributed by atoms with E-state index in [1.165, 1.54) is 0 Å². The van der Waals surface area contributed by atoms with Crippen molar-refractivity contribution in [3.05, 3.63) is 0 Å². The molecule has 0 spiro atoms. The molecule has 0 aliphatic heterocycles. The number of aliphatic hydroxyl groups is 1. The lowest BCUT2D eigenvalue weighted by Gasteiger charge is -2.25. The van der Waals surface area contributed by atoms with Gasteiger partial charge in [-0.15, -0.1) is 0 Å². The lowest BCUT2D eigenvalue weighted by Crippen LogP contribution is -2.53. The van der Waals surface area contributed by atoms with Crippen LogP contribution >= 0.6 is 0 Å². The number of carbonyl (C=O) groups excluding carboxylic acids is 1. The van der Waals surface area contributed by atoms with Gasteiger partial charge < -0.3 is 16.2 Å². The molecule has 0 fully saturated rings. The number of rotatable bonds is 5. The molecule has 4 N–H and O–H groups in total. The van der Waals surface area contributed by atoms with E-state index < -0.39 is 11.6 Å². The van der Waals surface area contributed by atoms with Gasteiger partial charge in [-0.2, -0.15) is 0 Å². The normalized spacial score (nSPS) is 19.6. The molecule has 0 saturated carbocycles. The Morgan fingerprint density at radius 3 is 2.43 bits per heavy atom. The zero-order valence-electron chi connectivity index (χ0n) is 9.50. The Kier molecular flexibility index (Phi) is 5.08. The molecule has 0 saturated heterocycles. The minimum Gasteiger partial charge on any atom is -0.393 e. The molecule has 0 aromatic rings. The second-order valence-electron chi connectivity index (χ2n) is 4.23. The molecule has 0 aliphatic carbocycles. The standard InChI is InChI=1S/C10H22N2O2/c1-5-10(4,11)9(14)12-7(2)6-8(3)13/h7-8,13H,5-6,11H2,1-4H3,(H,12,14). The van der Waals surface area contributed by atoms with Gasteiger partial charge in [0.25, 0.3) is 0 Å². The Morgan fingerprint density at radius 1 is 1.57 bits per heavy atom. The van der Waals surface area contributed by atoms with Crippen LogP contribution in [0.1, 0.15) is 40.5 Å². The quantitative estimate of drug-likeness (QED) is 0.603. The van der Waals surface area contributed by atoms with Gasteiger partial charge in [-0.05, 0) is 33.6 Å². The van der Waals surface area contributed by atoms with Gasteiger partial charge in [0.1, 0.15) is 0 Å². The molecule has 14 heavy (non-hydrogen) atoms. The molecule has 1 amide bonds. The summed E-state index contributed by atoms with van der Waals surface area (Å²) in [7, 11) is 0. The fraction of sp³-hybridized carbons (Fsp3) is 0.900. The first-order valence-electron chi connectivity index (χ1n) is 5.07. The van der Waals surface area contributed by atoms with Crippen LogP contribution in [-0.4, -0.2) is 28.7 Å². The first-order valence-corrected chi connectivity index (χ1v) is 5.07. The third-order valence-corrected chi connectivity index (χ3v) is 2.33. The molecule has 0 rings (SSSR count). The third kappa shape index (κ3) is 4.58. The fourth-order valence-corrected chi connectivity index (χ4v) is 1.12. The molecule has 0 aliphatic rings. The Hall–Kier alpha value is -0.610. The highest BCUT2D eigenvalue weighted by Crippen LogP contribution is 2.06. The molecule has 0 aromatic heterocycles. The second-order valence-corrected chi connectivity index (χ2v) is 4.23. The van der Waals surface area contributed by atoms with E-state index >= 15 is 0 Å². The summed E-state index contributed by atoms with van der Waals surface area (Å²) in [5.74, 6) is -0.159. The Morgan fingerprint density at radius 2 is 2.07 bits per heavy atom. The van der Waals surface area contributed by atoms with Crippen molar-refractivity contribution in [2.24, 2.45) is 5.73 Å². The van der Waals surface area contributed by atoms with Crippen molar-refractivity contribution in [3.8, 4) is 0 Å². The number of carbonyl (C=O) groups is 1. The van der Waals surface area contributed by atoms with Crippen molar-refractivity contribution in [1.29, 1.82) is 0 Å². The van der Waals surface area contributed by atoms with Gasteiger partial charge in [-0.1, -0.05) is 6.92 Å². The van der Waals surface area contributed by atoms with Crippen molar-refractivity contribution in [3.63, 3.8) is 0 Å². The van der Waals surface area contributed by atoms with Crippen molar-refractivity contribution in [1.82, 2.24) is 5.32 Å². The Balaban J connectivity index is 4.06. The topological polar surface area (TPSA) is 75.4 Å². The predicted molar refractivity (Wildman–Crippen MR) is 56.8 cm³/mol. The summed E-state index contributed by atoms with van der Waals surface area (Å²) in [5.41, 5.74) is 4.95. The van der Waals surface area contributed by atoms with Gasteiger partial charge in [0.05, 0.1) is 11.6 Å². The van der Waals surface area contributed by atoms with E-state index in [4.69, 9.17) is 10.8 Å². The maximum Gasteiger partial charge on any atom is 0.239 e. The van der Waals surface area contributed by atoms with Crippen LogP contribution in [0.25, 0.3) is 0 Å². The summed E-state index contributed by atoms with van der Waals surface area (Å²) in [6, 6.07) is -0.0445. The number of hydrogen-bond donors (Lipinski definition) is 3. The molecule has 0 radical (unpaired) electrons. The van der Waals surface area contributed by atoms with Gasteiger partial charge in [0.2, 0.25) is 5.91 Å². The first kappa shape index (κ1) is 13.4. The summed E-state index contributed by atoms with van der Waals surface area (Å²) in [6.45, 7) is 7.14. The zero-order chi connectivity index (χ0) is 11.4. The average Bonchev–Trinajstić information content (AvgIpc) is 2.02. The average molecular weight is 202 g/mol. The van der Waals surface area contributed by atoms with Crippen LogP contribution in [0, 0.1) is 0 Å². The van der Waals surface area contributed by atoms with E-state index in [0.29, 0.717) is 12.8 Å². The first-order chi connectivity index (χ1) is 6.29. The van der Waals surface area contributed by atoms with E-state index in [-0.39, 0.29) is 11.9 Å². The summed E-state index contributed by atoms with van der Waals surface area (Å²) in [6.07, 6.45) is 0.738. The molecule has 0 heterocycles. The van der Waals surface area contributed by atoms with Crippen LogP contribution in [0.15, 0.2) is 0 Å². The fourth-order valence-electron chi connectivity index (χ4n) is 1.12. The lowest BCUT2D eigenvalue weighted by molar-refractivity contribution is -0.126. The van der Waals surface area contributed by atoms with Crippen molar-refractivity contribution in [2.45, 2.75) is 58.2 Å². The van der Waals surface area contributed by atoms with Crippen molar-refractivity contribution >= 4 is 5.91 Å². The number of hydrogen-bond acceptors (Lipinski definition) is 3. The molecular weight excluding hydrogens is 180 g/mol.